The average Bonchev–Trinajstić information content (AvgIpc) is 2.60. The second-order valence-electron chi connectivity index (χ2n) is 6.57. The molecule has 0 aromatic heterocycles. The van der Waals surface area contributed by atoms with Crippen LogP contribution in [0, 0.1) is 0 Å². The van der Waals surface area contributed by atoms with E-state index in [1.165, 1.54) is 0 Å². The van der Waals surface area contributed by atoms with Crippen molar-refractivity contribution in [3.63, 3.8) is 0 Å². The highest BCUT2D eigenvalue weighted by molar-refractivity contribution is 7.58. The molecular formula is C13H28NO3P. The van der Waals surface area contributed by atoms with Crippen LogP contribution in [0.5, 0.6) is 0 Å². The molecule has 1 saturated carbocycles. The van der Waals surface area contributed by atoms with Gasteiger partial charge in [0, 0.05) is 18.4 Å². The van der Waals surface area contributed by atoms with Gasteiger partial charge in [0.25, 0.3) is 0 Å². The number of nitrogens with one attached hydrogen (secondary N) is 1. The highest BCUT2D eigenvalue weighted by Crippen LogP contribution is 2.50. The van der Waals surface area contributed by atoms with Crippen LogP contribution in [0.25, 0.3) is 0 Å². The van der Waals surface area contributed by atoms with Crippen molar-refractivity contribution >= 4 is 7.37 Å². The fourth-order valence-corrected chi connectivity index (χ4v) is 2.85. The fourth-order valence-electron chi connectivity index (χ4n) is 1.82. The minimum Gasteiger partial charge on any atom is -0.325 e. The van der Waals surface area contributed by atoms with Crippen LogP contribution in [-0.2, 0) is 13.9 Å². The third-order valence-corrected chi connectivity index (χ3v) is 5.81. The Morgan fingerprint density at radius 3 is 2.39 bits per heavy atom. The summed E-state index contributed by atoms with van der Waals surface area (Å²) < 4.78 is 18.0. The molecule has 3 atom stereocenters. The Balaban J connectivity index is 2.36. The summed E-state index contributed by atoms with van der Waals surface area (Å²) in [4.78, 5) is 5.56. The lowest BCUT2D eigenvalue weighted by molar-refractivity contribution is -0.0882. The van der Waals surface area contributed by atoms with E-state index in [1.807, 2.05) is 34.6 Å². The van der Waals surface area contributed by atoms with Gasteiger partial charge in [-0.25, -0.2) is 0 Å². The summed E-state index contributed by atoms with van der Waals surface area (Å²) in [5, 5.41) is 0. The minimum atomic E-state index is -2.46. The lowest BCUT2D eigenvalue weighted by Gasteiger charge is -2.24. The van der Waals surface area contributed by atoms with E-state index >= 15 is 0 Å². The first-order valence-electron chi connectivity index (χ1n) is 6.79. The molecule has 4 nitrogen and oxygen atoms in total. The van der Waals surface area contributed by atoms with Crippen LogP contribution in [-0.4, -0.2) is 30.1 Å². The summed E-state index contributed by atoms with van der Waals surface area (Å²) in [5.74, 6) is 0. The Bertz CT molecular complexity index is 312. The molecule has 1 fully saturated rings. The van der Waals surface area contributed by atoms with Crippen molar-refractivity contribution in [2.24, 2.45) is 0 Å². The van der Waals surface area contributed by atoms with Gasteiger partial charge in [-0.3, -0.25) is 9.40 Å². The first-order valence-corrected chi connectivity index (χ1v) is 8.93. The van der Waals surface area contributed by atoms with Gasteiger partial charge < -0.3 is 4.52 Å². The highest BCUT2D eigenvalue weighted by atomic mass is 31.2. The summed E-state index contributed by atoms with van der Waals surface area (Å²) in [6, 6.07) is 0.307. The predicted octanol–water partition coefficient (Wildman–Crippen LogP) is 3.56. The largest absolute Gasteiger partial charge is 0.325 e. The summed E-state index contributed by atoms with van der Waals surface area (Å²) in [6.07, 6.45) is 2.94. The zero-order chi connectivity index (χ0) is 14.0. The summed E-state index contributed by atoms with van der Waals surface area (Å²) in [5.41, 5.74) is 3.01. The number of hydrogen-bond donors (Lipinski definition) is 1. The maximum Gasteiger partial charge on any atom is 0.202 e. The molecule has 1 unspecified atom stereocenters. The second-order valence-corrected chi connectivity index (χ2v) is 9.63. The molecule has 1 rings (SSSR count). The summed E-state index contributed by atoms with van der Waals surface area (Å²) in [6.45, 7) is 11.7. The maximum absolute atomic E-state index is 12.2. The molecule has 0 spiro atoms. The van der Waals surface area contributed by atoms with E-state index in [1.54, 1.807) is 6.66 Å². The van der Waals surface area contributed by atoms with E-state index in [-0.39, 0.29) is 17.4 Å². The van der Waals surface area contributed by atoms with Crippen LogP contribution in [0.15, 0.2) is 0 Å². The standard InChI is InChI=1S/C13H28NO3P/c1-10(2)18(6,15)16-12-8-7-11(9-12)14-17-13(3,4)5/h10-12,14H,7-9H2,1-6H3/t11-,12+,18?/m0/s1. The lowest BCUT2D eigenvalue weighted by Crippen LogP contribution is -2.35. The SMILES string of the molecule is CC(C)P(C)(=O)O[C@@H]1CC[C@H](NOC(C)(C)C)C1. The predicted molar refractivity (Wildman–Crippen MR) is 75.2 cm³/mol. The van der Waals surface area contributed by atoms with Crippen LogP contribution >= 0.6 is 7.37 Å². The van der Waals surface area contributed by atoms with Crippen LogP contribution < -0.4 is 5.48 Å². The smallest absolute Gasteiger partial charge is 0.202 e. The van der Waals surface area contributed by atoms with E-state index in [4.69, 9.17) is 9.36 Å². The van der Waals surface area contributed by atoms with Crippen molar-refractivity contribution in [1.29, 1.82) is 0 Å². The molecule has 0 aliphatic heterocycles. The van der Waals surface area contributed by atoms with E-state index in [0.717, 1.165) is 19.3 Å². The number of rotatable bonds is 5. The average molecular weight is 277 g/mol. The van der Waals surface area contributed by atoms with E-state index in [0.29, 0.717) is 6.04 Å². The van der Waals surface area contributed by atoms with Crippen LogP contribution in [0.1, 0.15) is 53.9 Å². The topological polar surface area (TPSA) is 47.6 Å². The van der Waals surface area contributed by atoms with Gasteiger partial charge in [0.05, 0.1) is 11.7 Å². The second kappa shape index (κ2) is 6.04. The Hall–Kier alpha value is 0.110. The summed E-state index contributed by atoms with van der Waals surface area (Å²) in [7, 11) is -2.46. The van der Waals surface area contributed by atoms with Crippen molar-refractivity contribution in [1.82, 2.24) is 5.48 Å². The van der Waals surface area contributed by atoms with Gasteiger partial charge in [-0.15, -0.1) is 0 Å². The van der Waals surface area contributed by atoms with Gasteiger partial charge in [-0.2, -0.15) is 5.48 Å². The first kappa shape index (κ1) is 16.2. The normalized spacial score (nSPS) is 28.6. The van der Waals surface area contributed by atoms with Crippen molar-refractivity contribution in [3.8, 4) is 0 Å². The van der Waals surface area contributed by atoms with Crippen molar-refractivity contribution in [2.45, 2.75) is 77.3 Å². The molecular weight excluding hydrogens is 249 g/mol. The van der Waals surface area contributed by atoms with E-state index < -0.39 is 7.37 Å². The molecule has 1 aliphatic carbocycles. The van der Waals surface area contributed by atoms with Gasteiger partial charge in [0.1, 0.15) is 0 Å². The molecule has 18 heavy (non-hydrogen) atoms. The monoisotopic (exact) mass is 277 g/mol. The van der Waals surface area contributed by atoms with Crippen molar-refractivity contribution in [2.75, 3.05) is 6.66 Å². The Morgan fingerprint density at radius 1 is 1.28 bits per heavy atom. The number of hydrogen-bond acceptors (Lipinski definition) is 4. The molecule has 1 N–H and O–H groups in total. The van der Waals surface area contributed by atoms with Gasteiger partial charge in [0.2, 0.25) is 7.37 Å². The summed E-state index contributed by atoms with van der Waals surface area (Å²) >= 11 is 0. The lowest BCUT2D eigenvalue weighted by atomic mass is 10.2. The molecule has 0 aromatic rings. The third kappa shape index (κ3) is 5.40. The molecule has 0 radical (unpaired) electrons. The molecule has 0 bridgehead atoms. The molecule has 1 aliphatic rings. The van der Waals surface area contributed by atoms with Gasteiger partial charge in [0.15, 0.2) is 0 Å². The minimum absolute atomic E-state index is 0.0929. The van der Waals surface area contributed by atoms with Gasteiger partial charge >= 0.3 is 0 Å². The van der Waals surface area contributed by atoms with E-state index in [2.05, 4.69) is 5.48 Å². The van der Waals surface area contributed by atoms with E-state index in [9.17, 15) is 4.57 Å². The molecule has 0 amide bonds. The zero-order valence-corrected chi connectivity index (χ0v) is 13.4. The Morgan fingerprint density at radius 2 is 1.89 bits per heavy atom. The third-order valence-electron chi connectivity index (χ3n) is 3.21. The zero-order valence-electron chi connectivity index (χ0n) is 12.5. The van der Waals surface area contributed by atoms with Crippen LogP contribution in [0.4, 0.5) is 0 Å². The molecule has 0 aromatic carbocycles. The quantitative estimate of drug-likeness (QED) is 0.616. The van der Waals surface area contributed by atoms with Crippen LogP contribution in [0.3, 0.4) is 0 Å². The molecule has 108 valence electrons. The Kier molecular flexibility index (Phi) is 5.43. The molecule has 0 saturated heterocycles. The highest BCUT2D eigenvalue weighted by Gasteiger charge is 2.32. The number of hydroxylamine groups is 1. The van der Waals surface area contributed by atoms with Crippen LogP contribution in [0.2, 0.25) is 0 Å². The fraction of sp³-hybridized carbons (Fsp3) is 1.00. The Labute approximate surface area is 111 Å². The van der Waals surface area contributed by atoms with Gasteiger partial charge in [-0.1, -0.05) is 13.8 Å². The molecule has 0 heterocycles. The molecule has 5 heteroatoms. The van der Waals surface area contributed by atoms with Crippen molar-refractivity contribution < 1.29 is 13.9 Å². The van der Waals surface area contributed by atoms with Gasteiger partial charge in [-0.05, 0) is 40.0 Å². The first-order chi connectivity index (χ1) is 8.10. The maximum atomic E-state index is 12.2. The van der Waals surface area contributed by atoms with Crippen molar-refractivity contribution in [3.05, 3.63) is 0 Å².